The highest BCUT2D eigenvalue weighted by molar-refractivity contribution is 5.90. The number of carbonyl (C=O) groups is 3. The molecule has 0 bridgehead atoms. The van der Waals surface area contributed by atoms with Gasteiger partial charge in [0.15, 0.2) is 0 Å². The van der Waals surface area contributed by atoms with Crippen molar-refractivity contribution in [2.24, 2.45) is 5.41 Å². The molecule has 4 atom stereocenters. The van der Waals surface area contributed by atoms with E-state index in [0.29, 0.717) is 30.9 Å². The van der Waals surface area contributed by atoms with Crippen LogP contribution in [0.3, 0.4) is 0 Å². The molecule has 2 fully saturated rings. The monoisotopic (exact) mass is 488 g/mol. The summed E-state index contributed by atoms with van der Waals surface area (Å²) in [6.07, 6.45) is 3.89. The molecule has 194 valence electrons. The fraction of sp³-hybridized carbons (Fsp3) is 0.654. The number of piperidine rings is 1. The van der Waals surface area contributed by atoms with Gasteiger partial charge in [0.25, 0.3) is 0 Å². The van der Waals surface area contributed by atoms with Gasteiger partial charge in [0, 0.05) is 19.1 Å². The maximum Gasteiger partial charge on any atom is 0.246 e. The van der Waals surface area contributed by atoms with Crippen LogP contribution in [0, 0.1) is 5.41 Å². The molecule has 35 heavy (non-hydrogen) atoms. The number of anilines is 1. The minimum Gasteiger partial charge on any atom is -0.495 e. The summed E-state index contributed by atoms with van der Waals surface area (Å²) in [4.78, 5) is 41.1. The van der Waals surface area contributed by atoms with Crippen molar-refractivity contribution in [1.29, 1.82) is 0 Å². The van der Waals surface area contributed by atoms with E-state index < -0.39 is 17.5 Å². The Balaban J connectivity index is 1.54. The standard InChI is InChI=1S/C26H40N4O5/c1-26(2,3)24(25(33)30-12-6-7-18(30)15-31)28-23(32)16-35-19-9-11-21(29(4)14-19)17-8-10-20(27)22(13-17)34-5/h8,10,13,15,18-19,21,24H,6-7,9,11-12,14,16,27H2,1-5H3,(H,28,32)/t18?,19-,21-,24?/m0/s1. The second-order valence-corrected chi connectivity index (χ2v) is 10.7. The van der Waals surface area contributed by atoms with Crippen LogP contribution in [0.5, 0.6) is 5.75 Å². The molecule has 3 N–H and O–H groups in total. The predicted octanol–water partition coefficient (Wildman–Crippen LogP) is 2.15. The largest absolute Gasteiger partial charge is 0.495 e. The number of likely N-dealkylation sites (tertiary alicyclic amines) is 2. The number of nitrogens with two attached hydrogens (primary N) is 1. The van der Waals surface area contributed by atoms with E-state index in [1.807, 2.05) is 46.0 Å². The van der Waals surface area contributed by atoms with Gasteiger partial charge in [-0.3, -0.25) is 14.5 Å². The van der Waals surface area contributed by atoms with Crippen LogP contribution in [0.25, 0.3) is 0 Å². The number of benzene rings is 1. The molecule has 2 aliphatic rings. The molecule has 2 aliphatic heterocycles. The van der Waals surface area contributed by atoms with Crippen LogP contribution in [-0.2, 0) is 19.1 Å². The van der Waals surface area contributed by atoms with Crippen molar-refractivity contribution < 1.29 is 23.9 Å². The van der Waals surface area contributed by atoms with Crippen LogP contribution in [0.2, 0.25) is 0 Å². The van der Waals surface area contributed by atoms with Crippen molar-refractivity contribution in [3.63, 3.8) is 0 Å². The number of amides is 2. The summed E-state index contributed by atoms with van der Waals surface area (Å²) in [5, 5.41) is 2.87. The summed E-state index contributed by atoms with van der Waals surface area (Å²) in [6.45, 7) is 6.83. The van der Waals surface area contributed by atoms with Crippen molar-refractivity contribution in [1.82, 2.24) is 15.1 Å². The van der Waals surface area contributed by atoms with Crippen LogP contribution in [0.4, 0.5) is 5.69 Å². The number of likely N-dealkylation sites (N-methyl/N-ethyl adjacent to an activating group) is 1. The number of nitrogen functional groups attached to an aromatic ring is 1. The van der Waals surface area contributed by atoms with Gasteiger partial charge in [0.05, 0.1) is 24.9 Å². The van der Waals surface area contributed by atoms with E-state index in [9.17, 15) is 14.4 Å². The lowest BCUT2D eigenvalue weighted by Gasteiger charge is -2.37. The van der Waals surface area contributed by atoms with Crippen LogP contribution >= 0.6 is 0 Å². The number of methoxy groups -OCH3 is 1. The van der Waals surface area contributed by atoms with Gasteiger partial charge >= 0.3 is 0 Å². The Hall–Kier alpha value is -2.65. The van der Waals surface area contributed by atoms with Crippen molar-refractivity contribution >= 4 is 23.8 Å². The van der Waals surface area contributed by atoms with Gasteiger partial charge in [-0.15, -0.1) is 0 Å². The summed E-state index contributed by atoms with van der Waals surface area (Å²) in [6, 6.07) is 4.94. The predicted molar refractivity (Wildman–Crippen MR) is 134 cm³/mol. The molecule has 2 amide bonds. The van der Waals surface area contributed by atoms with Crippen LogP contribution < -0.4 is 15.8 Å². The molecule has 1 aromatic carbocycles. The molecule has 2 heterocycles. The number of hydrogen-bond acceptors (Lipinski definition) is 7. The van der Waals surface area contributed by atoms with E-state index in [2.05, 4.69) is 10.2 Å². The summed E-state index contributed by atoms with van der Waals surface area (Å²) >= 11 is 0. The van der Waals surface area contributed by atoms with Crippen molar-refractivity contribution in [3.8, 4) is 5.75 Å². The Labute approximate surface area is 208 Å². The van der Waals surface area contributed by atoms with E-state index in [4.69, 9.17) is 15.2 Å². The minimum atomic E-state index is -0.724. The number of nitrogens with one attached hydrogen (secondary N) is 1. The molecule has 2 unspecified atom stereocenters. The van der Waals surface area contributed by atoms with E-state index >= 15 is 0 Å². The number of ether oxygens (including phenoxy) is 2. The van der Waals surface area contributed by atoms with Gasteiger partial charge in [-0.05, 0) is 55.8 Å². The molecule has 3 rings (SSSR count). The highest BCUT2D eigenvalue weighted by atomic mass is 16.5. The Morgan fingerprint density at radius 2 is 2.00 bits per heavy atom. The smallest absolute Gasteiger partial charge is 0.246 e. The number of nitrogens with zero attached hydrogens (tertiary/aromatic N) is 2. The first-order chi connectivity index (χ1) is 16.5. The third kappa shape index (κ3) is 6.52. The topological polar surface area (TPSA) is 114 Å². The third-order valence-corrected chi connectivity index (χ3v) is 7.04. The van der Waals surface area contributed by atoms with Gasteiger partial charge in [-0.1, -0.05) is 26.8 Å². The number of rotatable bonds is 8. The lowest BCUT2D eigenvalue weighted by molar-refractivity contribution is -0.143. The normalized spacial score (nSPS) is 24.1. The molecule has 0 saturated carbocycles. The first-order valence-electron chi connectivity index (χ1n) is 12.4. The van der Waals surface area contributed by atoms with Crippen LogP contribution in [0.1, 0.15) is 58.1 Å². The zero-order valence-electron chi connectivity index (χ0n) is 21.6. The molecule has 0 radical (unpaired) electrons. The Morgan fingerprint density at radius 1 is 1.26 bits per heavy atom. The highest BCUT2D eigenvalue weighted by Crippen LogP contribution is 2.34. The first kappa shape index (κ1) is 26.9. The van der Waals surface area contributed by atoms with Crippen LogP contribution in [-0.4, -0.2) is 79.9 Å². The van der Waals surface area contributed by atoms with Gasteiger partial charge in [0.2, 0.25) is 11.8 Å². The molecule has 2 saturated heterocycles. The maximum atomic E-state index is 13.2. The zero-order chi connectivity index (χ0) is 25.8. The van der Waals surface area contributed by atoms with Gasteiger partial charge in [-0.2, -0.15) is 0 Å². The van der Waals surface area contributed by atoms with Crippen molar-refractivity contribution in [3.05, 3.63) is 23.8 Å². The maximum absolute atomic E-state index is 13.2. The molecule has 1 aromatic rings. The molecule has 0 aliphatic carbocycles. The van der Waals surface area contributed by atoms with E-state index in [-0.39, 0.29) is 30.6 Å². The molecular weight excluding hydrogens is 448 g/mol. The molecule has 9 heteroatoms. The number of aldehydes is 1. The second kappa shape index (κ2) is 11.4. The Kier molecular flexibility index (Phi) is 8.77. The first-order valence-corrected chi connectivity index (χ1v) is 12.4. The summed E-state index contributed by atoms with van der Waals surface area (Å²) in [7, 11) is 3.65. The second-order valence-electron chi connectivity index (χ2n) is 10.7. The summed E-state index contributed by atoms with van der Waals surface area (Å²) in [5.74, 6) is 0.134. The summed E-state index contributed by atoms with van der Waals surface area (Å²) in [5.41, 5.74) is 7.20. The Bertz CT molecular complexity index is 915. The highest BCUT2D eigenvalue weighted by Gasteiger charge is 2.39. The quantitative estimate of drug-likeness (QED) is 0.426. The minimum absolute atomic E-state index is 0.0838. The van der Waals surface area contributed by atoms with Crippen molar-refractivity contribution in [2.45, 2.75) is 70.7 Å². The fourth-order valence-corrected chi connectivity index (χ4v) is 5.01. The van der Waals surface area contributed by atoms with Crippen molar-refractivity contribution in [2.75, 3.05) is 39.6 Å². The van der Waals surface area contributed by atoms with Gasteiger partial charge < -0.3 is 30.2 Å². The lowest BCUT2D eigenvalue weighted by atomic mass is 9.85. The lowest BCUT2D eigenvalue weighted by Crippen LogP contribution is -2.56. The van der Waals surface area contributed by atoms with E-state index in [0.717, 1.165) is 31.1 Å². The molecular formula is C26H40N4O5. The van der Waals surface area contributed by atoms with Gasteiger partial charge in [0.1, 0.15) is 24.7 Å². The molecule has 9 nitrogen and oxygen atoms in total. The van der Waals surface area contributed by atoms with E-state index in [1.165, 1.54) is 0 Å². The molecule has 0 spiro atoms. The average Bonchev–Trinajstić information content (AvgIpc) is 3.29. The average molecular weight is 489 g/mol. The van der Waals surface area contributed by atoms with Gasteiger partial charge in [-0.25, -0.2) is 0 Å². The van der Waals surface area contributed by atoms with E-state index in [1.54, 1.807) is 12.0 Å². The summed E-state index contributed by atoms with van der Waals surface area (Å²) < 4.78 is 11.3. The third-order valence-electron chi connectivity index (χ3n) is 7.04. The van der Waals surface area contributed by atoms with Crippen LogP contribution in [0.15, 0.2) is 18.2 Å². The number of hydrogen-bond donors (Lipinski definition) is 2. The zero-order valence-corrected chi connectivity index (χ0v) is 21.6. The SMILES string of the molecule is COc1cc([C@@H]2CC[C@H](OCC(=O)NC(C(=O)N3CCCC3C=O)C(C)(C)C)CN2C)ccc1N. The fourth-order valence-electron chi connectivity index (χ4n) is 5.01. The molecule has 0 aromatic heterocycles. The Morgan fingerprint density at radius 3 is 2.63 bits per heavy atom. The number of carbonyl (C=O) groups excluding carboxylic acids is 3.